The second-order valence-corrected chi connectivity index (χ2v) is 9.49. The van der Waals surface area contributed by atoms with E-state index in [9.17, 15) is 9.59 Å². The fourth-order valence-electron chi connectivity index (χ4n) is 4.68. The summed E-state index contributed by atoms with van der Waals surface area (Å²) in [5, 5.41) is 6.72. The van der Waals surface area contributed by atoms with Crippen LogP contribution in [0, 0.1) is 17.3 Å². The van der Waals surface area contributed by atoms with Gasteiger partial charge in [-0.3, -0.25) is 9.59 Å². The highest BCUT2D eigenvalue weighted by atomic mass is 35.5. The summed E-state index contributed by atoms with van der Waals surface area (Å²) in [7, 11) is 0. The summed E-state index contributed by atoms with van der Waals surface area (Å²) in [5.74, 6) is 1.39. The Hall–Kier alpha value is -0.810. The lowest BCUT2D eigenvalue weighted by Gasteiger charge is -2.35. The van der Waals surface area contributed by atoms with Gasteiger partial charge in [-0.15, -0.1) is 12.4 Å². The first-order chi connectivity index (χ1) is 11.8. The lowest BCUT2D eigenvalue weighted by molar-refractivity contribution is -0.134. The Labute approximate surface area is 164 Å². The fraction of sp³-hybridized carbons (Fsp3) is 0.900. The van der Waals surface area contributed by atoms with E-state index < -0.39 is 0 Å². The first-order valence-electron chi connectivity index (χ1n) is 10.1. The highest BCUT2D eigenvalue weighted by Crippen LogP contribution is 2.33. The summed E-state index contributed by atoms with van der Waals surface area (Å²) in [4.78, 5) is 26.9. The van der Waals surface area contributed by atoms with Crippen molar-refractivity contribution in [1.82, 2.24) is 15.5 Å². The summed E-state index contributed by atoms with van der Waals surface area (Å²) in [6.45, 7) is 8.19. The van der Waals surface area contributed by atoms with E-state index in [4.69, 9.17) is 0 Å². The van der Waals surface area contributed by atoms with Crippen LogP contribution in [0.25, 0.3) is 0 Å². The molecule has 0 aliphatic carbocycles. The molecule has 150 valence electrons. The number of likely N-dealkylation sites (tertiary alicyclic amines) is 1. The predicted octanol–water partition coefficient (Wildman–Crippen LogP) is 2.73. The molecule has 3 rings (SSSR count). The molecule has 0 aromatic heterocycles. The molecule has 3 saturated heterocycles. The van der Waals surface area contributed by atoms with E-state index in [1.165, 1.54) is 25.7 Å². The molecular formula is C20H36ClN3O2. The maximum Gasteiger partial charge on any atom is 0.225 e. The van der Waals surface area contributed by atoms with Crippen LogP contribution in [-0.2, 0) is 9.59 Å². The summed E-state index contributed by atoms with van der Waals surface area (Å²) >= 11 is 0. The average molecular weight is 386 g/mol. The standard InChI is InChI=1S/C20H35N3O2.ClH/c1-20(2,3)19(25)21-12-14-5-4-8-23(13-14)18(24)11-15-9-16-6-7-17(10-15)22-16;/h14-17,22H,4-13H2,1-3H3,(H,21,25);1H. The molecule has 3 aliphatic rings. The summed E-state index contributed by atoms with van der Waals surface area (Å²) in [6, 6.07) is 1.30. The van der Waals surface area contributed by atoms with E-state index in [2.05, 4.69) is 15.5 Å². The maximum absolute atomic E-state index is 12.8. The molecule has 0 aromatic carbocycles. The minimum atomic E-state index is -0.349. The molecule has 0 radical (unpaired) electrons. The molecule has 2 N–H and O–H groups in total. The first-order valence-corrected chi connectivity index (χ1v) is 10.1. The van der Waals surface area contributed by atoms with Gasteiger partial charge in [0.15, 0.2) is 0 Å². The van der Waals surface area contributed by atoms with Gasteiger partial charge in [0, 0.05) is 43.6 Å². The summed E-state index contributed by atoms with van der Waals surface area (Å²) < 4.78 is 0. The molecule has 0 spiro atoms. The summed E-state index contributed by atoms with van der Waals surface area (Å²) in [6.07, 6.45) is 7.78. The zero-order valence-corrected chi connectivity index (χ0v) is 17.4. The Kier molecular flexibility index (Phi) is 7.37. The van der Waals surface area contributed by atoms with E-state index in [0.717, 1.165) is 32.4 Å². The number of carbonyl (C=O) groups excluding carboxylic acids is 2. The van der Waals surface area contributed by atoms with Crippen molar-refractivity contribution in [3.63, 3.8) is 0 Å². The number of carbonyl (C=O) groups is 2. The largest absolute Gasteiger partial charge is 0.355 e. The Balaban J connectivity index is 0.00000243. The minimum absolute atomic E-state index is 0. The number of halogens is 1. The number of hydrogen-bond donors (Lipinski definition) is 2. The number of rotatable bonds is 4. The lowest BCUT2D eigenvalue weighted by atomic mass is 9.88. The van der Waals surface area contributed by atoms with Gasteiger partial charge in [0.25, 0.3) is 0 Å². The van der Waals surface area contributed by atoms with E-state index in [0.29, 0.717) is 36.4 Å². The van der Waals surface area contributed by atoms with Crippen LogP contribution in [0.5, 0.6) is 0 Å². The van der Waals surface area contributed by atoms with E-state index in [1.54, 1.807) is 0 Å². The Morgan fingerprint density at radius 1 is 1.08 bits per heavy atom. The quantitative estimate of drug-likeness (QED) is 0.782. The maximum atomic E-state index is 12.8. The molecule has 3 atom stereocenters. The zero-order chi connectivity index (χ0) is 18.0. The molecule has 26 heavy (non-hydrogen) atoms. The minimum Gasteiger partial charge on any atom is -0.355 e. The molecule has 3 unspecified atom stereocenters. The van der Waals surface area contributed by atoms with E-state index >= 15 is 0 Å². The molecule has 3 fully saturated rings. The summed E-state index contributed by atoms with van der Waals surface area (Å²) in [5.41, 5.74) is -0.349. The third-order valence-corrected chi connectivity index (χ3v) is 6.14. The second kappa shape index (κ2) is 8.92. The van der Waals surface area contributed by atoms with Gasteiger partial charge in [0.05, 0.1) is 0 Å². The molecule has 5 nitrogen and oxygen atoms in total. The fourth-order valence-corrected chi connectivity index (χ4v) is 4.68. The van der Waals surface area contributed by atoms with Gasteiger partial charge in [0.2, 0.25) is 11.8 Å². The van der Waals surface area contributed by atoms with Crippen molar-refractivity contribution >= 4 is 24.2 Å². The molecule has 3 heterocycles. The van der Waals surface area contributed by atoms with Crippen LogP contribution in [0.4, 0.5) is 0 Å². The monoisotopic (exact) mass is 385 g/mol. The molecule has 6 heteroatoms. The van der Waals surface area contributed by atoms with Crippen molar-refractivity contribution < 1.29 is 9.59 Å². The number of hydrogen-bond acceptors (Lipinski definition) is 3. The van der Waals surface area contributed by atoms with E-state index in [1.807, 2.05) is 20.8 Å². The van der Waals surface area contributed by atoms with Gasteiger partial charge < -0.3 is 15.5 Å². The van der Waals surface area contributed by atoms with Crippen LogP contribution in [0.15, 0.2) is 0 Å². The van der Waals surface area contributed by atoms with Gasteiger partial charge in [-0.25, -0.2) is 0 Å². The molecule has 2 bridgehead atoms. The normalized spacial score (nSPS) is 31.3. The Bertz CT molecular complexity index is 494. The molecule has 3 aliphatic heterocycles. The number of fused-ring (bicyclic) bond motifs is 2. The molecular weight excluding hydrogens is 350 g/mol. The van der Waals surface area contributed by atoms with Gasteiger partial charge >= 0.3 is 0 Å². The van der Waals surface area contributed by atoms with Crippen molar-refractivity contribution in [3.8, 4) is 0 Å². The third-order valence-electron chi connectivity index (χ3n) is 6.14. The van der Waals surface area contributed by atoms with Gasteiger partial charge in [0.1, 0.15) is 0 Å². The van der Waals surface area contributed by atoms with Crippen molar-refractivity contribution in [3.05, 3.63) is 0 Å². The van der Waals surface area contributed by atoms with Crippen molar-refractivity contribution in [2.45, 2.75) is 77.8 Å². The van der Waals surface area contributed by atoms with Gasteiger partial charge in [-0.2, -0.15) is 0 Å². The third kappa shape index (κ3) is 5.59. The number of nitrogens with zero attached hydrogens (tertiary/aromatic N) is 1. The first kappa shape index (κ1) is 21.5. The SMILES string of the molecule is CC(C)(C)C(=O)NCC1CCCN(C(=O)CC2CC3CCC(C2)N3)C1.Cl. The Morgan fingerprint density at radius 2 is 1.73 bits per heavy atom. The van der Waals surface area contributed by atoms with Gasteiger partial charge in [-0.1, -0.05) is 20.8 Å². The second-order valence-electron chi connectivity index (χ2n) is 9.49. The van der Waals surface area contributed by atoms with Crippen LogP contribution < -0.4 is 10.6 Å². The predicted molar refractivity (Wildman–Crippen MR) is 106 cm³/mol. The molecule has 0 aromatic rings. The highest BCUT2D eigenvalue weighted by molar-refractivity contribution is 5.85. The number of piperidine rings is 2. The van der Waals surface area contributed by atoms with Crippen LogP contribution >= 0.6 is 12.4 Å². The molecule has 2 amide bonds. The number of amides is 2. The average Bonchev–Trinajstić information content (AvgIpc) is 2.90. The van der Waals surface area contributed by atoms with E-state index in [-0.39, 0.29) is 23.7 Å². The highest BCUT2D eigenvalue weighted by Gasteiger charge is 2.35. The van der Waals surface area contributed by atoms with Crippen molar-refractivity contribution in [2.75, 3.05) is 19.6 Å². The lowest BCUT2D eigenvalue weighted by Crippen LogP contribution is -2.46. The van der Waals surface area contributed by atoms with Crippen molar-refractivity contribution in [2.24, 2.45) is 17.3 Å². The van der Waals surface area contributed by atoms with Gasteiger partial charge in [-0.05, 0) is 50.4 Å². The van der Waals surface area contributed by atoms with Crippen LogP contribution in [0.3, 0.4) is 0 Å². The van der Waals surface area contributed by atoms with Crippen LogP contribution in [0.2, 0.25) is 0 Å². The zero-order valence-electron chi connectivity index (χ0n) is 16.6. The smallest absolute Gasteiger partial charge is 0.225 e. The van der Waals surface area contributed by atoms with Crippen molar-refractivity contribution in [1.29, 1.82) is 0 Å². The Morgan fingerprint density at radius 3 is 2.35 bits per heavy atom. The number of nitrogens with one attached hydrogen (secondary N) is 2. The molecule has 0 saturated carbocycles. The van der Waals surface area contributed by atoms with Crippen LogP contribution in [0.1, 0.15) is 65.7 Å². The topological polar surface area (TPSA) is 61.4 Å². The van der Waals surface area contributed by atoms with Crippen LogP contribution in [-0.4, -0.2) is 48.4 Å².